The standard InChI is InChI=1S/C6H12N2S2/c1-7(2)6(8(3)4)10-5-9/h1-4H3. The number of nitrogens with zero attached hydrogens (tertiary/aromatic N) is 2. The first kappa shape index (κ1) is 10.0. The van der Waals surface area contributed by atoms with E-state index in [9.17, 15) is 0 Å². The van der Waals surface area contributed by atoms with Gasteiger partial charge in [-0.1, -0.05) is 10.9 Å². The summed E-state index contributed by atoms with van der Waals surface area (Å²) in [5.74, 6) is 0. The average molecular weight is 176 g/mol. The zero-order valence-electron chi connectivity index (χ0n) is 6.71. The van der Waals surface area contributed by atoms with Crippen LogP contribution in [0.4, 0.5) is 0 Å². The van der Waals surface area contributed by atoms with Crippen molar-refractivity contribution in [3.05, 3.63) is 0 Å². The Morgan fingerprint density at radius 3 is 1.70 bits per heavy atom. The van der Waals surface area contributed by atoms with Crippen LogP contribution in [0.15, 0.2) is 0 Å². The molecule has 0 amide bonds. The van der Waals surface area contributed by atoms with E-state index in [0.29, 0.717) is 0 Å². The van der Waals surface area contributed by atoms with Gasteiger partial charge < -0.3 is 0 Å². The fraction of sp³-hybridized carbons (Fsp3) is 0.667. The van der Waals surface area contributed by atoms with E-state index in [1.165, 1.54) is 10.9 Å². The molecule has 0 aliphatic heterocycles. The highest BCUT2D eigenvalue weighted by atomic mass is 32.1. The first-order valence-electron chi connectivity index (χ1n) is 2.85. The van der Waals surface area contributed by atoms with E-state index < -0.39 is 0 Å². The maximum absolute atomic E-state index is 4.61. The molecule has 0 aromatic rings. The van der Waals surface area contributed by atoms with Gasteiger partial charge in [-0.3, -0.25) is 9.80 Å². The molecule has 0 spiro atoms. The van der Waals surface area contributed by atoms with E-state index in [2.05, 4.69) is 16.5 Å². The lowest BCUT2D eigenvalue weighted by Crippen LogP contribution is -2.33. The molecule has 0 bridgehead atoms. The summed E-state index contributed by atoms with van der Waals surface area (Å²) >= 11 is 4.61. The summed E-state index contributed by atoms with van der Waals surface area (Å²) in [6, 6.07) is 0. The molecule has 0 rings (SSSR count). The molecule has 0 aliphatic rings. The molecule has 10 heavy (non-hydrogen) atoms. The van der Waals surface area contributed by atoms with E-state index in [4.69, 9.17) is 0 Å². The molecule has 0 aromatic heterocycles. The maximum Gasteiger partial charge on any atom is 0.126 e. The second-order valence-corrected chi connectivity index (χ2v) is 3.49. The summed E-state index contributed by atoms with van der Waals surface area (Å²) in [4.78, 5) is 4.01. The Labute approximate surface area is 71.0 Å². The molecule has 4 heteroatoms. The van der Waals surface area contributed by atoms with E-state index in [1.54, 1.807) is 0 Å². The lowest BCUT2D eigenvalue weighted by molar-refractivity contribution is 0.501. The molecule has 0 aliphatic carbocycles. The van der Waals surface area contributed by atoms with Gasteiger partial charge in [-0.2, -0.15) is 0 Å². The number of rotatable bonds is 0. The van der Waals surface area contributed by atoms with E-state index >= 15 is 0 Å². The molecule has 2 nitrogen and oxygen atoms in total. The van der Waals surface area contributed by atoms with E-state index in [-0.39, 0.29) is 0 Å². The highest BCUT2D eigenvalue weighted by Gasteiger charge is 2.00. The largest absolute Gasteiger partial charge is 0.263 e. The highest BCUT2D eigenvalue weighted by Crippen LogP contribution is 1.88. The summed E-state index contributed by atoms with van der Waals surface area (Å²) in [5, 5.41) is 1.09. The molecule has 0 fully saturated rings. The molecule has 0 N–H and O–H groups in total. The van der Waals surface area contributed by atoms with Crippen molar-refractivity contribution in [1.29, 1.82) is 0 Å². The molecule has 0 unspecified atom stereocenters. The van der Waals surface area contributed by atoms with Gasteiger partial charge in [-0.25, -0.2) is 0 Å². The fourth-order valence-electron chi connectivity index (χ4n) is 0.620. The number of hydrogen-bond acceptors (Lipinski definition) is 1. The Kier molecular flexibility index (Phi) is 4.77. The predicted molar refractivity (Wildman–Crippen MR) is 52.6 cm³/mol. The average Bonchev–Trinajstić information content (AvgIpc) is 1.81. The van der Waals surface area contributed by atoms with Gasteiger partial charge in [0, 0.05) is 4.31 Å². The van der Waals surface area contributed by atoms with Crippen LogP contribution in [0.3, 0.4) is 0 Å². The molecule has 0 saturated heterocycles. The van der Waals surface area contributed by atoms with Gasteiger partial charge in [-0.15, -0.1) is 0 Å². The van der Waals surface area contributed by atoms with Gasteiger partial charge in [0.15, 0.2) is 0 Å². The zero-order chi connectivity index (χ0) is 8.15. The smallest absolute Gasteiger partial charge is 0.126 e. The van der Waals surface area contributed by atoms with Crippen molar-refractivity contribution in [2.75, 3.05) is 28.2 Å². The van der Waals surface area contributed by atoms with Crippen molar-refractivity contribution in [2.24, 2.45) is 0 Å². The zero-order valence-corrected chi connectivity index (χ0v) is 8.34. The molecule has 0 atom stereocenters. The predicted octanol–water partition coefficient (Wildman–Crippen LogP) is 0.764. The third-order valence-electron chi connectivity index (χ3n) is 0.898. The summed E-state index contributed by atoms with van der Waals surface area (Å²) in [6.45, 7) is 0. The third kappa shape index (κ3) is 3.25. The molecular weight excluding hydrogens is 164 g/mol. The maximum atomic E-state index is 4.61. The van der Waals surface area contributed by atoms with Crippen LogP contribution >= 0.6 is 23.2 Å². The van der Waals surface area contributed by atoms with Crippen molar-refractivity contribution >= 4 is 32.6 Å². The van der Waals surface area contributed by atoms with Crippen LogP contribution in [0.25, 0.3) is 0 Å². The fourth-order valence-corrected chi connectivity index (χ4v) is 1.28. The van der Waals surface area contributed by atoms with Crippen LogP contribution in [0.2, 0.25) is 0 Å². The molecule has 58 valence electrons. The first-order chi connectivity index (χ1) is 4.59. The second kappa shape index (κ2) is 4.77. The molecule has 0 saturated carbocycles. The summed E-state index contributed by atoms with van der Waals surface area (Å²) in [5.41, 5.74) is 0. The van der Waals surface area contributed by atoms with E-state index in [1.807, 2.05) is 38.0 Å². The minimum absolute atomic E-state index is 1.09. The molecular formula is C6H12N2S2. The minimum Gasteiger partial charge on any atom is -0.263 e. The summed E-state index contributed by atoms with van der Waals surface area (Å²) < 4.78 is 2.61. The van der Waals surface area contributed by atoms with Crippen LogP contribution in [0.1, 0.15) is 0 Å². The van der Waals surface area contributed by atoms with Gasteiger partial charge in [0.25, 0.3) is 0 Å². The van der Waals surface area contributed by atoms with Crippen molar-refractivity contribution in [3.63, 3.8) is 0 Å². The Hall–Kier alpha value is 0.01000. The van der Waals surface area contributed by atoms with Crippen LogP contribution in [0.5, 0.6) is 0 Å². The topological polar surface area (TPSA) is 6.48 Å². The van der Waals surface area contributed by atoms with Crippen molar-refractivity contribution in [1.82, 2.24) is 9.80 Å². The first-order valence-corrected chi connectivity index (χ1v) is 4.07. The van der Waals surface area contributed by atoms with Crippen molar-refractivity contribution in [2.45, 2.75) is 0 Å². The second-order valence-electron chi connectivity index (χ2n) is 2.26. The van der Waals surface area contributed by atoms with Gasteiger partial charge in [0.05, 0.1) is 0 Å². The van der Waals surface area contributed by atoms with Crippen LogP contribution < -0.4 is 0 Å². The lowest BCUT2D eigenvalue weighted by atomic mass is 10.8. The number of thiocarbonyl (C=S) groups is 1. The Morgan fingerprint density at radius 2 is 1.60 bits per heavy atom. The van der Waals surface area contributed by atoms with Crippen LogP contribution in [-0.4, -0.2) is 47.4 Å². The van der Waals surface area contributed by atoms with Crippen molar-refractivity contribution < 1.29 is 0 Å². The van der Waals surface area contributed by atoms with E-state index in [0.717, 1.165) is 5.11 Å². The van der Waals surface area contributed by atoms with Gasteiger partial charge in [0.1, 0.15) is 5.11 Å². The van der Waals surface area contributed by atoms with Crippen LogP contribution in [0, 0.1) is 0 Å². The monoisotopic (exact) mass is 176 g/mol. The molecule has 0 radical (unpaired) electrons. The lowest BCUT2D eigenvalue weighted by Gasteiger charge is -2.17. The quantitative estimate of drug-likeness (QED) is 0.503. The SMILES string of the molecule is CN(C)C(=S=C=S)N(C)C. The molecule has 0 heterocycles. The normalized spacial score (nSPS) is 9.80. The Bertz CT molecular complexity index is 176. The van der Waals surface area contributed by atoms with Gasteiger partial charge in [0.2, 0.25) is 0 Å². The van der Waals surface area contributed by atoms with Gasteiger partial charge >= 0.3 is 0 Å². The Balaban J connectivity index is 4.60. The summed E-state index contributed by atoms with van der Waals surface area (Å²) in [7, 11) is 9.35. The summed E-state index contributed by atoms with van der Waals surface area (Å²) in [6.07, 6.45) is 0. The van der Waals surface area contributed by atoms with Gasteiger partial charge in [-0.05, 0) is 40.4 Å². The minimum atomic E-state index is 1.09. The highest BCUT2D eigenvalue weighted by molar-refractivity contribution is 8.04. The molecule has 0 aromatic carbocycles. The Morgan fingerprint density at radius 1 is 1.20 bits per heavy atom. The third-order valence-corrected chi connectivity index (χ3v) is 2.14. The van der Waals surface area contributed by atoms with Crippen LogP contribution in [-0.2, 0) is 0 Å². The number of hydrogen-bond donors (Lipinski definition) is 0. The van der Waals surface area contributed by atoms with Crippen molar-refractivity contribution in [3.8, 4) is 0 Å².